The molecule has 1 N–H and O–H groups in total. The molecule has 0 aliphatic heterocycles. The van der Waals surface area contributed by atoms with Gasteiger partial charge in [-0.25, -0.2) is 9.97 Å². The third-order valence-electron chi connectivity index (χ3n) is 2.40. The van der Waals surface area contributed by atoms with Crippen molar-refractivity contribution in [1.29, 1.82) is 0 Å². The molecule has 100 valence electrons. The smallest absolute Gasteiger partial charge is 0.238 e. The first-order valence-corrected chi connectivity index (χ1v) is 6.85. The first kappa shape index (κ1) is 13.7. The molecule has 19 heavy (non-hydrogen) atoms. The number of hydrogen-bond acceptors (Lipinski definition) is 5. The van der Waals surface area contributed by atoms with Gasteiger partial charge in [-0.2, -0.15) is 0 Å². The van der Waals surface area contributed by atoms with Crippen molar-refractivity contribution in [3.63, 3.8) is 0 Å². The second kappa shape index (κ2) is 6.47. The average molecular weight is 323 g/mol. The Bertz CT molecular complexity index is 545. The Morgan fingerprint density at radius 3 is 2.79 bits per heavy atom. The predicted molar refractivity (Wildman–Crippen MR) is 77.6 cm³/mol. The molecule has 0 radical (unpaired) electrons. The zero-order chi connectivity index (χ0) is 13.7. The monoisotopic (exact) mass is 322 g/mol. The lowest BCUT2D eigenvalue weighted by Gasteiger charge is -2.10. The molecule has 6 heteroatoms. The standard InChI is InChI=1S/C13H15BrN4O/c1-3-6-15-12-11(14)13(18-8-17-12)19-10-5-4-9(2)16-7-10/h4-5,7-8H,3,6H2,1-2H3,(H,15,17,18). The van der Waals surface area contributed by atoms with Crippen molar-refractivity contribution in [2.24, 2.45) is 0 Å². The summed E-state index contributed by atoms with van der Waals surface area (Å²) in [5.74, 6) is 1.85. The van der Waals surface area contributed by atoms with E-state index in [1.165, 1.54) is 6.33 Å². The van der Waals surface area contributed by atoms with Crippen molar-refractivity contribution in [2.45, 2.75) is 20.3 Å². The number of nitrogens with zero attached hydrogens (tertiary/aromatic N) is 3. The molecule has 2 rings (SSSR count). The van der Waals surface area contributed by atoms with Crippen LogP contribution in [0, 0.1) is 6.92 Å². The fraction of sp³-hybridized carbons (Fsp3) is 0.308. The third kappa shape index (κ3) is 3.64. The zero-order valence-corrected chi connectivity index (χ0v) is 12.4. The summed E-state index contributed by atoms with van der Waals surface area (Å²) in [6.07, 6.45) is 4.16. The highest BCUT2D eigenvalue weighted by molar-refractivity contribution is 9.10. The van der Waals surface area contributed by atoms with E-state index in [9.17, 15) is 0 Å². The van der Waals surface area contributed by atoms with Crippen LogP contribution in [0.4, 0.5) is 5.82 Å². The van der Waals surface area contributed by atoms with Gasteiger partial charge in [-0.05, 0) is 41.4 Å². The Kier molecular flexibility index (Phi) is 4.68. The van der Waals surface area contributed by atoms with Gasteiger partial charge in [0.05, 0.1) is 6.20 Å². The number of nitrogens with one attached hydrogen (secondary N) is 1. The van der Waals surface area contributed by atoms with Crippen molar-refractivity contribution in [3.8, 4) is 11.6 Å². The van der Waals surface area contributed by atoms with Gasteiger partial charge in [-0.1, -0.05) is 6.92 Å². The normalized spacial score (nSPS) is 10.3. The first-order valence-electron chi connectivity index (χ1n) is 6.05. The fourth-order valence-corrected chi connectivity index (χ4v) is 1.84. The SMILES string of the molecule is CCCNc1ncnc(Oc2ccc(C)nc2)c1Br. The van der Waals surface area contributed by atoms with E-state index in [1.54, 1.807) is 6.20 Å². The number of rotatable bonds is 5. The van der Waals surface area contributed by atoms with Crippen LogP contribution in [0.5, 0.6) is 11.6 Å². The molecule has 0 fully saturated rings. The number of aryl methyl sites for hydroxylation is 1. The lowest BCUT2D eigenvalue weighted by Crippen LogP contribution is -2.04. The molecule has 0 spiro atoms. The molecule has 0 amide bonds. The molecule has 0 aromatic carbocycles. The molecule has 5 nitrogen and oxygen atoms in total. The summed E-state index contributed by atoms with van der Waals surface area (Å²) in [7, 11) is 0. The fourth-order valence-electron chi connectivity index (χ4n) is 1.42. The molecule has 0 bridgehead atoms. The van der Waals surface area contributed by atoms with Gasteiger partial charge in [0.2, 0.25) is 5.88 Å². The summed E-state index contributed by atoms with van der Waals surface area (Å²) in [6.45, 7) is 4.87. The molecule has 2 aromatic heterocycles. The summed E-state index contributed by atoms with van der Waals surface area (Å²) >= 11 is 3.45. The summed E-state index contributed by atoms with van der Waals surface area (Å²) in [4.78, 5) is 12.5. The highest BCUT2D eigenvalue weighted by Gasteiger charge is 2.10. The van der Waals surface area contributed by atoms with Gasteiger partial charge < -0.3 is 10.1 Å². The van der Waals surface area contributed by atoms with E-state index in [0.717, 1.165) is 24.5 Å². The maximum Gasteiger partial charge on any atom is 0.238 e. The van der Waals surface area contributed by atoms with Crippen molar-refractivity contribution in [1.82, 2.24) is 15.0 Å². The molecule has 0 atom stereocenters. The molecule has 0 unspecified atom stereocenters. The number of halogens is 1. The minimum atomic E-state index is 0.472. The van der Waals surface area contributed by atoms with Crippen LogP contribution in [0.15, 0.2) is 29.1 Å². The van der Waals surface area contributed by atoms with Gasteiger partial charge in [-0.15, -0.1) is 0 Å². The topological polar surface area (TPSA) is 59.9 Å². The quantitative estimate of drug-likeness (QED) is 0.912. The van der Waals surface area contributed by atoms with Crippen LogP contribution >= 0.6 is 15.9 Å². The molecule has 0 saturated heterocycles. The van der Waals surface area contributed by atoms with Crippen LogP contribution in [-0.2, 0) is 0 Å². The van der Waals surface area contributed by atoms with Crippen LogP contribution in [0.3, 0.4) is 0 Å². The van der Waals surface area contributed by atoms with Gasteiger partial charge in [-0.3, -0.25) is 4.98 Å². The minimum absolute atomic E-state index is 0.472. The van der Waals surface area contributed by atoms with Crippen molar-refractivity contribution >= 4 is 21.7 Å². The molecule has 0 saturated carbocycles. The second-order valence-electron chi connectivity index (χ2n) is 4.01. The van der Waals surface area contributed by atoms with Crippen molar-refractivity contribution in [3.05, 3.63) is 34.8 Å². The number of pyridine rings is 1. The van der Waals surface area contributed by atoms with Gasteiger partial charge >= 0.3 is 0 Å². The molecule has 2 aromatic rings. The Morgan fingerprint density at radius 2 is 2.11 bits per heavy atom. The van der Waals surface area contributed by atoms with Crippen LogP contribution < -0.4 is 10.1 Å². The third-order valence-corrected chi connectivity index (χ3v) is 3.11. The molecular formula is C13H15BrN4O. The van der Waals surface area contributed by atoms with E-state index >= 15 is 0 Å². The Hall–Kier alpha value is -1.69. The van der Waals surface area contributed by atoms with E-state index in [2.05, 4.69) is 43.1 Å². The van der Waals surface area contributed by atoms with Gasteiger partial charge in [0.25, 0.3) is 0 Å². The number of aromatic nitrogens is 3. The number of ether oxygens (including phenoxy) is 1. The number of hydrogen-bond donors (Lipinski definition) is 1. The van der Waals surface area contributed by atoms with Gasteiger partial charge in [0, 0.05) is 12.2 Å². The second-order valence-corrected chi connectivity index (χ2v) is 4.80. The summed E-state index contributed by atoms with van der Waals surface area (Å²) in [6, 6.07) is 3.75. The van der Waals surface area contributed by atoms with Crippen LogP contribution in [0.1, 0.15) is 19.0 Å². The van der Waals surface area contributed by atoms with Crippen LogP contribution in [-0.4, -0.2) is 21.5 Å². The van der Waals surface area contributed by atoms with Gasteiger partial charge in [0.15, 0.2) is 0 Å². The van der Waals surface area contributed by atoms with Crippen LogP contribution in [0.2, 0.25) is 0 Å². The largest absolute Gasteiger partial charge is 0.436 e. The maximum absolute atomic E-state index is 5.68. The lowest BCUT2D eigenvalue weighted by molar-refractivity contribution is 0.456. The van der Waals surface area contributed by atoms with E-state index in [-0.39, 0.29) is 0 Å². The zero-order valence-electron chi connectivity index (χ0n) is 10.9. The summed E-state index contributed by atoms with van der Waals surface area (Å²) in [5.41, 5.74) is 0.944. The highest BCUT2D eigenvalue weighted by atomic mass is 79.9. The summed E-state index contributed by atoms with van der Waals surface area (Å²) in [5, 5.41) is 3.20. The highest BCUT2D eigenvalue weighted by Crippen LogP contribution is 2.31. The minimum Gasteiger partial charge on any atom is -0.436 e. The lowest BCUT2D eigenvalue weighted by atomic mass is 10.4. The first-order chi connectivity index (χ1) is 9.20. The van der Waals surface area contributed by atoms with Gasteiger partial charge in [0.1, 0.15) is 22.4 Å². The van der Waals surface area contributed by atoms with Crippen LogP contribution in [0.25, 0.3) is 0 Å². The Balaban J connectivity index is 2.18. The van der Waals surface area contributed by atoms with E-state index in [1.807, 2.05) is 19.1 Å². The Morgan fingerprint density at radius 1 is 1.26 bits per heavy atom. The molecule has 0 aliphatic rings. The maximum atomic E-state index is 5.68. The van der Waals surface area contributed by atoms with Crippen molar-refractivity contribution < 1.29 is 4.74 Å². The Labute approximate surface area is 120 Å². The van der Waals surface area contributed by atoms with Crippen molar-refractivity contribution in [2.75, 3.05) is 11.9 Å². The predicted octanol–water partition coefficient (Wildman–Crippen LogP) is 3.56. The van der Waals surface area contributed by atoms with E-state index in [4.69, 9.17) is 4.74 Å². The number of anilines is 1. The van der Waals surface area contributed by atoms with E-state index in [0.29, 0.717) is 16.1 Å². The van der Waals surface area contributed by atoms with E-state index < -0.39 is 0 Å². The summed E-state index contributed by atoms with van der Waals surface area (Å²) < 4.78 is 6.40. The molecule has 0 aliphatic carbocycles. The molecule has 2 heterocycles. The molecular weight excluding hydrogens is 308 g/mol. The average Bonchev–Trinajstić information content (AvgIpc) is 2.42.